The number of hydrogen-bond acceptors (Lipinski definition) is 3. The number of fused-ring (bicyclic) bond motifs is 1. The number of nitrogen functional groups attached to an aromatic ring is 1. The highest BCUT2D eigenvalue weighted by Gasteiger charge is 2.15. The molecule has 1 aromatic heterocycles. The highest BCUT2D eigenvalue weighted by atomic mass is 79.9. The predicted octanol–water partition coefficient (Wildman–Crippen LogP) is 3.81. The number of rotatable bonds is 2. The maximum absolute atomic E-state index is 12.7. The van der Waals surface area contributed by atoms with Crippen LogP contribution in [-0.2, 0) is 0 Å². The molecule has 3 rings (SSSR count). The lowest BCUT2D eigenvalue weighted by molar-refractivity contribution is 0.104. The van der Waals surface area contributed by atoms with Crippen LogP contribution in [0.4, 0.5) is 5.69 Å². The van der Waals surface area contributed by atoms with E-state index in [-0.39, 0.29) is 5.78 Å². The van der Waals surface area contributed by atoms with Gasteiger partial charge in [0, 0.05) is 39.1 Å². The highest BCUT2D eigenvalue weighted by Crippen LogP contribution is 2.24. The third kappa shape index (κ3) is 2.18. The first-order valence-electron chi connectivity index (χ1n) is 6.09. The fourth-order valence-electron chi connectivity index (χ4n) is 2.18. The van der Waals surface area contributed by atoms with E-state index in [0.717, 1.165) is 15.2 Å². The molecular formula is C16H11BrN2O. The summed E-state index contributed by atoms with van der Waals surface area (Å²) in [6, 6.07) is 12.9. The number of benzene rings is 2. The van der Waals surface area contributed by atoms with Gasteiger partial charge in [-0.1, -0.05) is 40.2 Å². The van der Waals surface area contributed by atoms with Crippen LogP contribution >= 0.6 is 15.9 Å². The molecule has 0 saturated heterocycles. The van der Waals surface area contributed by atoms with Gasteiger partial charge >= 0.3 is 0 Å². The van der Waals surface area contributed by atoms with E-state index in [0.29, 0.717) is 16.8 Å². The van der Waals surface area contributed by atoms with Crippen LogP contribution in [0.15, 0.2) is 59.3 Å². The summed E-state index contributed by atoms with van der Waals surface area (Å²) in [4.78, 5) is 16.8. The molecule has 4 heteroatoms. The van der Waals surface area contributed by atoms with Gasteiger partial charge in [0.05, 0.1) is 0 Å². The van der Waals surface area contributed by atoms with Crippen molar-refractivity contribution in [2.75, 3.05) is 5.73 Å². The second-order valence-corrected chi connectivity index (χ2v) is 5.38. The lowest BCUT2D eigenvalue weighted by Crippen LogP contribution is -2.06. The summed E-state index contributed by atoms with van der Waals surface area (Å²) in [5.41, 5.74) is 7.45. The Morgan fingerprint density at radius 2 is 1.85 bits per heavy atom. The van der Waals surface area contributed by atoms with E-state index in [1.54, 1.807) is 24.5 Å². The fourth-order valence-corrected chi connectivity index (χ4v) is 2.56. The Morgan fingerprint density at radius 3 is 2.65 bits per heavy atom. The molecule has 2 aromatic carbocycles. The third-order valence-electron chi connectivity index (χ3n) is 3.17. The molecule has 0 fully saturated rings. The van der Waals surface area contributed by atoms with Gasteiger partial charge in [-0.25, -0.2) is 0 Å². The van der Waals surface area contributed by atoms with Gasteiger partial charge in [0.15, 0.2) is 5.78 Å². The van der Waals surface area contributed by atoms with Crippen molar-refractivity contribution in [3.05, 3.63) is 70.5 Å². The van der Waals surface area contributed by atoms with E-state index in [1.165, 1.54) is 0 Å². The molecule has 0 amide bonds. The molecule has 0 unspecified atom stereocenters. The van der Waals surface area contributed by atoms with Gasteiger partial charge < -0.3 is 5.73 Å². The van der Waals surface area contributed by atoms with Gasteiger partial charge in [-0.2, -0.15) is 0 Å². The lowest BCUT2D eigenvalue weighted by Gasteiger charge is -2.08. The van der Waals surface area contributed by atoms with Crippen molar-refractivity contribution >= 4 is 38.2 Å². The van der Waals surface area contributed by atoms with Crippen LogP contribution in [0, 0.1) is 0 Å². The number of hydrogen-bond donors (Lipinski definition) is 1. The van der Waals surface area contributed by atoms with Crippen molar-refractivity contribution in [1.29, 1.82) is 0 Å². The summed E-state index contributed by atoms with van der Waals surface area (Å²) in [6.07, 6.45) is 3.34. The number of nitrogens with two attached hydrogens (primary N) is 1. The topological polar surface area (TPSA) is 56.0 Å². The summed E-state index contributed by atoms with van der Waals surface area (Å²) >= 11 is 3.34. The Bertz CT molecular complexity index is 809. The summed E-state index contributed by atoms with van der Waals surface area (Å²) in [5.74, 6) is -0.112. The fraction of sp³-hybridized carbons (Fsp3) is 0. The molecule has 3 nitrogen and oxygen atoms in total. The first-order valence-corrected chi connectivity index (χ1v) is 6.88. The number of anilines is 1. The number of carbonyl (C=O) groups excluding carboxylic acids is 1. The third-order valence-corrected chi connectivity index (χ3v) is 3.66. The molecule has 0 aliphatic carbocycles. The zero-order valence-electron chi connectivity index (χ0n) is 10.5. The van der Waals surface area contributed by atoms with Crippen LogP contribution < -0.4 is 5.73 Å². The molecule has 0 aliphatic rings. The van der Waals surface area contributed by atoms with Crippen molar-refractivity contribution in [1.82, 2.24) is 4.98 Å². The molecule has 98 valence electrons. The van der Waals surface area contributed by atoms with Gasteiger partial charge in [0.1, 0.15) is 0 Å². The molecule has 3 aromatic rings. The molecule has 0 aliphatic heterocycles. The highest BCUT2D eigenvalue weighted by molar-refractivity contribution is 9.10. The van der Waals surface area contributed by atoms with E-state index in [2.05, 4.69) is 20.9 Å². The molecule has 0 saturated carbocycles. The normalized spacial score (nSPS) is 10.7. The van der Waals surface area contributed by atoms with Crippen molar-refractivity contribution in [3.63, 3.8) is 0 Å². The summed E-state index contributed by atoms with van der Waals surface area (Å²) in [5, 5.41) is 1.82. The molecular weight excluding hydrogens is 316 g/mol. The lowest BCUT2D eigenvalue weighted by atomic mass is 9.99. The average molecular weight is 327 g/mol. The summed E-state index contributed by atoms with van der Waals surface area (Å²) in [7, 11) is 0. The van der Waals surface area contributed by atoms with Crippen molar-refractivity contribution in [2.24, 2.45) is 0 Å². The Kier molecular flexibility index (Phi) is 3.24. The van der Waals surface area contributed by atoms with Crippen LogP contribution in [0.2, 0.25) is 0 Å². The smallest absolute Gasteiger partial charge is 0.197 e. The predicted molar refractivity (Wildman–Crippen MR) is 83.7 cm³/mol. The number of nitrogens with zero attached hydrogens (tertiary/aromatic N) is 1. The van der Waals surface area contributed by atoms with Gasteiger partial charge in [0.2, 0.25) is 0 Å². The number of carbonyl (C=O) groups is 1. The van der Waals surface area contributed by atoms with Gasteiger partial charge in [-0.05, 0) is 23.6 Å². The van der Waals surface area contributed by atoms with E-state index in [1.807, 2.05) is 30.3 Å². The Morgan fingerprint density at radius 1 is 1.05 bits per heavy atom. The minimum absolute atomic E-state index is 0.112. The van der Waals surface area contributed by atoms with Crippen molar-refractivity contribution in [2.45, 2.75) is 0 Å². The van der Waals surface area contributed by atoms with Crippen LogP contribution in [0.3, 0.4) is 0 Å². The molecule has 0 bridgehead atoms. The zero-order chi connectivity index (χ0) is 14.1. The number of aromatic nitrogens is 1. The minimum atomic E-state index is -0.112. The van der Waals surface area contributed by atoms with E-state index in [4.69, 9.17) is 5.73 Å². The molecule has 20 heavy (non-hydrogen) atoms. The Balaban J connectivity index is 2.18. The van der Waals surface area contributed by atoms with Crippen LogP contribution in [0.5, 0.6) is 0 Å². The SMILES string of the molecule is Nc1cc(Br)ccc1C(=O)c1cncc2ccccc12. The quantitative estimate of drug-likeness (QED) is 0.575. The van der Waals surface area contributed by atoms with Crippen molar-refractivity contribution in [3.8, 4) is 0 Å². The maximum atomic E-state index is 12.7. The van der Waals surface area contributed by atoms with Gasteiger partial charge in [0.25, 0.3) is 0 Å². The Hall–Kier alpha value is -2.20. The monoisotopic (exact) mass is 326 g/mol. The largest absolute Gasteiger partial charge is 0.398 e. The molecule has 0 atom stereocenters. The molecule has 2 N–H and O–H groups in total. The molecule has 0 spiro atoms. The van der Waals surface area contributed by atoms with Crippen molar-refractivity contribution < 1.29 is 4.79 Å². The van der Waals surface area contributed by atoms with Gasteiger partial charge in [-0.15, -0.1) is 0 Å². The van der Waals surface area contributed by atoms with E-state index < -0.39 is 0 Å². The average Bonchev–Trinajstić information content (AvgIpc) is 2.46. The van der Waals surface area contributed by atoms with Gasteiger partial charge in [-0.3, -0.25) is 9.78 Å². The molecule has 1 heterocycles. The van der Waals surface area contributed by atoms with Crippen LogP contribution in [-0.4, -0.2) is 10.8 Å². The number of pyridine rings is 1. The molecule has 0 radical (unpaired) electrons. The summed E-state index contributed by atoms with van der Waals surface area (Å²) < 4.78 is 0.850. The number of halogens is 1. The zero-order valence-corrected chi connectivity index (χ0v) is 12.1. The maximum Gasteiger partial charge on any atom is 0.197 e. The summed E-state index contributed by atoms with van der Waals surface area (Å²) in [6.45, 7) is 0. The van der Waals surface area contributed by atoms with Crippen LogP contribution in [0.1, 0.15) is 15.9 Å². The second-order valence-electron chi connectivity index (χ2n) is 4.47. The van der Waals surface area contributed by atoms with Crippen LogP contribution in [0.25, 0.3) is 10.8 Å². The first kappa shape index (κ1) is 12.8. The second kappa shape index (κ2) is 5.06. The Labute approximate surface area is 124 Å². The number of ketones is 1. The first-order chi connectivity index (χ1) is 9.66. The van der Waals surface area contributed by atoms with E-state index >= 15 is 0 Å². The standard InChI is InChI=1S/C16H11BrN2O/c17-11-5-6-13(15(18)7-11)16(20)14-9-19-8-10-3-1-2-4-12(10)14/h1-9H,18H2. The minimum Gasteiger partial charge on any atom is -0.398 e. The van der Waals surface area contributed by atoms with E-state index in [9.17, 15) is 4.79 Å².